The zero-order chi connectivity index (χ0) is 16.1. The lowest BCUT2D eigenvalue weighted by Gasteiger charge is -2.48. The molecule has 8 heteroatoms. The number of hydrogen-bond acceptors (Lipinski definition) is 6. The van der Waals surface area contributed by atoms with Crippen LogP contribution in [0.25, 0.3) is 0 Å². The fourth-order valence-electron chi connectivity index (χ4n) is 2.90. The Balaban J connectivity index is 2.14. The SMILES string of the molecule is COC(=O)C1CCS(=O)(=O)C12CN(C(=O)OC(C)(C)C)C2. The van der Waals surface area contributed by atoms with E-state index in [1.807, 2.05) is 0 Å². The monoisotopic (exact) mass is 319 g/mol. The van der Waals surface area contributed by atoms with Crippen LogP contribution in [0, 0.1) is 5.92 Å². The minimum atomic E-state index is -3.41. The van der Waals surface area contributed by atoms with E-state index in [4.69, 9.17) is 9.47 Å². The molecule has 2 aliphatic rings. The van der Waals surface area contributed by atoms with Gasteiger partial charge in [0.1, 0.15) is 10.3 Å². The maximum absolute atomic E-state index is 12.3. The van der Waals surface area contributed by atoms with Crippen LogP contribution in [0.15, 0.2) is 0 Å². The van der Waals surface area contributed by atoms with E-state index in [1.165, 1.54) is 12.0 Å². The first-order valence-corrected chi connectivity index (χ1v) is 8.46. The molecule has 2 fully saturated rings. The maximum Gasteiger partial charge on any atom is 0.410 e. The first-order chi connectivity index (χ1) is 9.52. The molecule has 1 amide bonds. The van der Waals surface area contributed by atoms with Crippen LogP contribution in [0.5, 0.6) is 0 Å². The van der Waals surface area contributed by atoms with Crippen LogP contribution in [0.1, 0.15) is 27.2 Å². The van der Waals surface area contributed by atoms with Gasteiger partial charge < -0.3 is 14.4 Å². The Kier molecular flexibility index (Phi) is 3.72. The van der Waals surface area contributed by atoms with Crippen molar-refractivity contribution in [2.75, 3.05) is 26.0 Å². The number of rotatable bonds is 1. The topological polar surface area (TPSA) is 90.0 Å². The summed E-state index contributed by atoms with van der Waals surface area (Å²) in [5, 5.41) is 0. The second-order valence-corrected chi connectivity index (χ2v) is 9.04. The third-order valence-corrected chi connectivity index (χ3v) is 6.54. The number of carbonyl (C=O) groups is 2. The van der Waals surface area contributed by atoms with Gasteiger partial charge in [0.15, 0.2) is 9.84 Å². The molecule has 0 N–H and O–H groups in total. The van der Waals surface area contributed by atoms with Gasteiger partial charge in [-0.1, -0.05) is 0 Å². The number of hydrogen-bond donors (Lipinski definition) is 0. The van der Waals surface area contributed by atoms with Crippen molar-refractivity contribution in [1.29, 1.82) is 0 Å². The van der Waals surface area contributed by atoms with Gasteiger partial charge >= 0.3 is 12.1 Å². The van der Waals surface area contributed by atoms with Crippen molar-refractivity contribution in [2.24, 2.45) is 5.92 Å². The van der Waals surface area contributed by atoms with Gasteiger partial charge in [-0.3, -0.25) is 4.79 Å². The molecule has 2 heterocycles. The highest BCUT2D eigenvalue weighted by Crippen LogP contribution is 2.45. The summed E-state index contributed by atoms with van der Waals surface area (Å²) in [6, 6.07) is 0. The molecule has 0 bridgehead atoms. The lowest BCUT2D eigenvalue weighted by molar-refractivity contribution is -0.148. The Bertz CT molecular complexity index is 556. The Morgan fingerprint density at radius 2 is 1.81 bits per heavy atom. The summed E-state index contributed by atoms with van der Waals surface area (Å²) >= 11 is 0. The molecule has 2 rings (SSSR count). The van der Waals surface area contributed by atoms with Gasteiger partial charge in [0.2, 0.25) is 0 Å². The lowest BCUT2D eigenvalue weighted by Crippen LogP contribution is -2.69. The minimum Gasteiger partial charge on any atom is -0.469 e. The van der Waals surface area contributed by atoms with Crippen LogP contribution in [-0.2, 0) is 24.1 Å². The number of amides is 1. The van der Waals surface area contributed by atoms with E-state index in [2.05, 4.69) is 0 Å². The van der Waals surface area contributed by atoms with Gasteiger partial charge in [-0.15, -0.1) is 0 Å². The molecule has 0 aliphatic carbocycles. The van der Waals surface area contributed by atoms with E-state index in [-0.39, 0.29) is 25.3 Å². The van der Waals surface area contributed by atoms with Crippen molar-refractivity contribution in [1.82, 2.24) is 4.90 Å². The number of likely N-dealkylation sites (tertiary alicyclic amines) is 1. The number of ether oxygens (including phenoxy) is 2. The fourth-order valence-corrected chi connectivity index (χ4v) is 5.21. The number of carbonyl (C=O) groups excluding carboxylic acids is 2. The quantitative estimate of drug-likeness (QED) is 0.657. The van der Waals surface area contributed by atoms with Crippen molar-refractivity contribution in [3.8, 4) is 0 Å². The van der Waals surface area contributed by atoms with Gasteiger partial charge in [-0.2, -0.15) is 0 Å². The molecule has 0 saturated carbocycles. The third-order valence-electron chi connectivity index (χ3n) is 3.98. The molecule has 7 nitrogen and oxygen atoms in total. The molecule has 1 spiro atoms. The Hall–Kier alpha value is -1.31. The number of methoxy groups -OCH3 is 1. The van der Waals surface area contributed by atoms with Gasteiger partial charge in [-0.25, -0.2) is 13.2 Å². The van der Waals surface area contributed by atoms with Gasteiger partial charge in [0.25, 0.3) is 0 Å². The Morgan fingerprint density at radius 3 is 2.29 bits per heavy atom. The number of nitrogens with zero attached hydrogens (tertiary/aromatic N) is 1. The van der Waals surface area contributed by atoms with E-state index in [9.17, 15) is 18.0 Å². The van der Waals surface area contributed by atoms with Crippen molar-refractivity contribution in [3.63, 3.8) is 0 Å². The van der Waals surface area contributed by atoms with Crippen LogP contribution in [-0.4, -0.2) is 61.7 Å². The molecule has 0 aromatic heterocycles. The second kappa shape index (κ2) is 4.86. The summed E-state index contributed by atoms with van der Waals surface area (Å²) < 4.78 is 33.2. The number of sulfone groups is 1. The smallest absolute Gasteiger partial charge is 0.410 e. The highest BCUT2D eigenvalue weighted by atomic mass is 32.2. The van der Waals surface area contributed by atoms with E-state index in [1.54, 1.807) is 20.8 Å². The largest absolute Gasteiger partial charge is 0.469 e. The normalized spacial score (nSPS) is 26.3. The van der Waals surface area contributed by atoms with Crippen LogP contribution in [0.2, 0.25) is 0 Å². The van der Waals surface area contributed by atoms with Gasteiger partial charge in [0.05, 0.1) is 18.8 Å². The van der Waals surface area contributed by atoms with Crippen molar-refractivity contribution in [2.45, 2.75) is 37.5 Å². The fraction of sp³-hybridized carbons (Fsp3) is 0.846. The van der Waals surface area contributed by atoms with E-state index in [0.717, 1.165) is 0 Å². The third kappa shape index (κ3) is 2.61. The zero-order valence-corrected chi connectivity index (χ0v) is 13.5. The van der Waals surface area contributed by atoms with E-state index in [0.29, 0.717) is 0 Å². The van der Waals surface area contributed by atoms with Crippen molar-refractivity contribution in [3.05, 3.63) is 0 Å². The number of esters is 1. The average Bonchev–Trinajstić information content (AvgIpc) is 2.55. The van der Waals surface area contributed by atoms with Crippen LogP contribution >= 0.6 is 0 Å². The summed E-state index contributed by atoms with van der Waals surface area (Å²) in [5.41, 5.74) is -0.643. The molecular weight excluding hydrogens is 298 g/mol. The molecule has 0 radical (unpaired) electrons. The van der Waals surface area contributed by atoms with E-state index < -0.39 is 38.2 Å². The average molecular weight is 319 g/mol. The molecule has 1 atom stereocenters. The molecular formula is C13H21NO6S. The van der Waals surface area contributed by atoms with Crippen LogP contribution < -0.4 is 0 Å². The van der Waals surface area contributed by atoms with E-state index >= 15 is 0 Å². The molecule has 0 aromatic rings. The molecule has 120 valence electrons. The van der Waals surface area contributed by atoms with Crippen molar-refractivity contribution < 1.29 is 27.5 Å². The first-order valence-electron chi connectivity index (χ1n) is 6.80. The molecule has 1 unspecified atom stereocenters. The summed E-state index contributed by atoms with van der Waals surface area (Å²) in [7, 11) is -2.17. The summed E-state index contributed by atoms with van der Waals surface area (Å²) in [6.45, 7) is 5.20. The predicted molar refractivity (Wildman–Crippen MR) is 74.4 cm³/mol. The summed E-state index contributed by atoms with van der Waals surface area (Å²) in [4.78, 5) is 25.0. The molecule has 2 aliphatic heterocycles. The summed E-state index contributed by atoms with van der Waals surface area (Å²) in [5.74, 6) is -1.28. The predicted octanol–water partition coefficient (Wildman–Crippen LogP) is 0.584. The molecule has 21 heavy (non-hydrogen) atoms. The highest BCUT2D eigenvalue weighted by molar-refractivity contribution is 7.93. The van der Waals surface area contributed by atoms with Crippen LogP contribution in [0.4, 0.5) is 4.79 Å². The molecule has 0 aromatic carbocycles. The second-order valence-electron chi connectivity index (χ2n) is 6.58. The highest BCUT2D eigenvalue weighted by Gasteiger charge is 2.65. The zero-order valence-electron chi connectivity index (χ0n) is 12.7. The van der Waals surface area contributed by atoms with Gasteiger partial charge in [0, 0.05) is 13.1 Å². The Labute approximate surface area is 124 Å². The standard InChI is InChI=1S/C13H21NO6S/c1-12(2,3)20-11(16)14-7-13(8-14)9(10(15)19-4)5-6-21(13,17)18/h9H,5-8H2,1-4H3. The Morgan fingerprint density at radius 1 is 1.24 bits per heavy atom. The summed E-state index contributed by atoms with van der Waals surface area (Å²) in [6.07, 6.45) is -0.309. The van der Waals surface area contributed by atoms with Gasteiger partial charge in [-0.05, 0) is 27.2 Å². The molecule has 2 saturated heterocycles. The van der Waals surface area contributed by atoms with Crippen molar-refractivity contribution >= 4 is 21.9 Å². The maximum atomic E-state index is 12.3. The first kappa shape index (κ1) is 16.1. The van der Waals surface area contributed by atoms with Crippen LogP contribution in [0.3, 0.4) is 0 Å². The lowest BCUT2D eigenvalue weighted by atomic mass is 9.83. The minimum absolute atomic E-state index is 0.00991.